The van der Waals surface area contributed by atoms with Gasteiger partial charge in [-0.1, -0.05) is 12.1 Å². The third kappa shape index (κ3) is 5.92. The van der Waals surface area contributed by atoms with Crippen LogP contribution in [-0.2, 0) is 16.0 Å². The molecule has 0 heterocycles. The number of carbonyl (C=O) groups is 3. The first-order valence-electron chi connectivity index (χ1n) is 6.70. The lowest BCUT2D eigenvalue weighted by atomic mass is 10.0. The van der Waals surface area contributed by atoms with Gasteiger partial charge in [-0.3, -0.25) is 14.9 Å². The molecule has 0 fully saturated rings. The highest BCUT2D eigenvalue weighted by Gasteiger charge is 2.19. The number of ether oxygens (including phenoxy) is 1. The van der Waals surface area contributed by atoms with Crippen molar-refractivity contribution < 1.29 is 24.2 Å². The quantitative estimate of drug-likeness (QED) is 0.771. The minimum absolute atomic E-state index is 0.156. The zero-order chi connectivity index (χ0) is 16.9. The maximum Gasteiger partial charge on any atom is 0.414 e. The first-order valence-corrected chi connectivity index (χ1v) is 6.70. The number of aliphatic carboxylic acids is 1. The maximum atomic E-state index is 11.9. The Balaban J connectivity index is 2.64. The topological polar surface area (TPSA) is 119 Å². The highest BCUT2D eigenvalue weighted by atomic mass is 16.6. The van der Waals surface area contributed by atoms with Gasteiger partial charge in [0.25, 0.3) is 5.91 Å². The van der Waals surface area contributed by atoms with E-state index in [-0.39, 0.29) is 12.0 Å². The van der Waals surface area contributed by atoms with Crippen LogP contribution >= 0.6 is 0 Å². The smallest absolute Gasteiger partial charge is 0.414 e. The van der Waals surface area contributed by atoms with Crippen LogP contribution in [-0.4, -0.2) is 34.7 Å². The number of hydrogen-bond acceptors (Lipinski definition) is 5. The number of carbonyl (C=O) groups excluding carboxylic acids is 2. The fraction of sp³-hybridized carbons (Fsp3) is 0.400. The minimum Gasteiger partial charge on any atom is -0.480 e. The summed E-state index contributed by atoms with van der Waals surface area (Å²) in [7, 11) is 0. The lowest BCUT2D eigenvalue weighted by Gasteiger charge is -2.19. The van der Waals surface area contributed by atoms with Gasteiger partial charge in [-0.2, -0.15) is 0 Å². The summed E-state index contributed by atoms with van der Waals surface area (Å²) in [6.45, 7) is 5.08. The molecule has 0 spiro atoms. The number of imide groups is 1. The zero-order valence-electron chi connectivity index (χ0n) is 12.8. The first-order chi connectivity index (χ1) is 10.1. The molecule has 0 aromatic heterocycles. The summed E-state index contributed by atoms with van der Waals surface area (Å²) in [5, 5.41) is 10.8. The summed E-state index contributed by atoms with van der Waals surface area (Å²) >= 11 is 0. The Hall–Kier alpha value is -2.41. The van der Waals surface area contributed by atoms with E-state index < -0.39 is 29.6 Å². The van der Waals surface area contributed by atoms with E-state index in [9.17, 15) is 14.4 Å². The highest BCUT2D eigenvalue weighted by molar-refractivity contribution is 6.02. The Morgan fingerprint density at radius 3 is 2.23 bits per heavy atom. The molecule has 7 heteroatoms. The first kappa shape index (κ1) is 17.6. The molecule has 1 aromatic carbocycles. The Kier molecular flexibility index (Phi) is 5.64. The molecule has 1 aromatic rings. The lowest BCUT2D eigenvalue weighted by molar-refractivity contribution is -0.138. The van der Waals surface area contributed by atoms with Crippen molar-refractivity contribution in [3.05, 3.63) is 35.4 Å². The van der Waals surface area contributed by atoms with E-state index in [1.54, 1.807) is 32.9 Å². The molecule has 0 bridgehead atoms. The minimum atomic E-state index is -1.09. The van der Waals surface area contributed by atoms with Crippen molar-refractivity contribution in [2.24, 2.45) is 5.73 Å². The second kappa shape index (κ2) is 7.04. The summed E-state index contributed by atoms with van der Waals surface area (Å²) in [5.41, 5.74) is 5.68. The van der Waals surface area contributed by atoms with Crippen molar-refractivity contribution in [2.45, 2.75) is 38.8 Å². The number of rotatable bonds is 4. The number of hydrogen-bond donors (Lipinski definition) is 3. The van der Waals surface area contributed by atoms with Gasteiger partial charge in [0.1, 0.15) is 11.6 Å². The van der Waals surface area contributed by atoms with Crippen LogP contribution in [0.2, 0.25) is 0 Å². The van der Waals surface area contributed by atoms with Crippen LogP contribution in [0.1, 0.15) is 36.7 Å². The molecule has 0 aliphatic heterocycles. The SMILES string of the molecule is CC(C)(C)OC(=O)NC(=O)c1ccc(C[C@H](N)C(=O)O)cc1. The van der Waals surface area contributed by atoms with Crippen LogP contribution in [0, 0.1) is 0 Å². The number of nitrogens with two attached hydrogens (primary N) is 1. The molecule has 4 N–H and O–H groups in total. The average Bonchev–Trinajstić information content (AvgIpc) is 2.36. The van der Waals surface area contributed by atoms with Gasteiger partial charge < -0.3 is 15.6 Å². The van der Waals surface area contributed by atoms with Gasteiger partial charge in [0.15, 0.2) is 0 Å². The van der Waals surface area contributed by atoms with Crippen LogP contribution < -0.4 is 11.1 Å². The fourth-order valence-electron chi connectivity index (χ4n) is 1.60. The molecule has 0 radical (unpaired) electrons. The highest BCUT2D eigenvalue weighted by Crippen LogP contribution is 2.09. The van der Waals surface area contributed by atoms with Gasteiger partial charge in [-0.05, 0) is 44.9 Å². The van der Waals surface area contributed by atoms with E-state index in [2.05, 4.69) is 5.32 Å². The molecule has 0 aliphatic carbocycles. The second-order valence-electron chi connectivity index (χ2n) is 5.80. The van der Waals surface area contributed by atoms with Gasteiger partial charge in [0, 0.05) is 5.56 Å². The van der Waals surface area contributed by atoms with Gasteiger partial charge >= 0.3 is 12.1 Å². The maximum absolute atomic E-state index is 11.9. The molecular formula is C15H20N2O5. The van der Waals surface area contributed by atoms with Crippen LogP contribution in [0.15, 0.2) is 24.3 Å². The van der Waals surface area contributed by atoms with E-state index in [1.807, 2.05) is 0 Å². The molecule has 22 heavy (non-hydrogen) atoms. The zero-order valence-corrected chi connectivity index (χ0v) is 12.8. The molecule has 2 amide bonds. The molecular weight excluding hydrogens is 288 g/mol. The van der Waals surface area contributed by atoms with Crippen molar-refractivity contribution in [1.29, 1.82) is 0 Å². The molecule has 120 valence electrons. The fourth-order valence-corrected chi connectivity index (χ4v) is 1.60. The Bertz CT molecular complexity index is 560. The van der Waals surface area contributed by atoms with Crippen molar-refractivity contribution >= 4 is 18.0 Å². The van der Waals surface area contributed by atoms with Gasteiger partial charge in [-0.25, -0.2) is 4.79 Å². The third-order valence-electron chi connectivity index (χ3n) is 2.60. The summed E-state index contributed by atoms with van der Waals surface area (Å²) in [6, 6.07) is 5.16. The van der Waals surface area contributed by atoms with E-state index in [1.165, 1.54) is 12.1 Å². The van der Waals surface area contributed by atoms with Crippen molar-refractivity contribution in [2.75, 3.05) is 0 Å². The molecule has 7 nitrogen and oxygen atoms in total. The van der Waals surface area contributed by atoms with E-state index in [4.69, 9.17) is 15.6 Å². The van der Waals surface area contributed by atoms with Crippen molar-refractivity contribution in [3.8, 4) is 0 Å². The molecule has 0 saturated carbocycles. The number of alkyl carbamates (subject to hydrolysis) is 1. The normalized spacial score (nSPS) is 12.4. The number of amides is 2. The van der Waals surface area contributed by atoms with Crippen LogP contribution in [0.4, 0.5) is 4.79 Å². The van der Waals surface area contributed by atoms with Crippen LogP contribution in [0.25, 0.3) is 0 Å². The Labute approximate surface area is 128 Å². The molecule has 0 unspecified atom stereocenters. The van der Waals surface area contributed by atoms with E-state index >= 15 is 0 Å². The molecule has 1 rings (SSSR count). The summed E-state index contributed by atoms with van der Waals surface area (Å²) in [4.78, 5) is 34.0. The third-order valence-corrected chi connectivity index (χ3v) is 2.60. The molecule has 0 saturated heterocycles. The van der Waals surface area contributed by atoms with E-state index in [0.717, 1.165) is 0 Å². The molecule has 0 aliphatic rings. The summed E-state index contributed by atoms with van der Waals surface area (Å²) < 4.78 is 4.98. The predicted octanol–water partition coefficient (Wildman–Crippen LogP) is 1.31. The van der Waals surface area contributed by atoms with Gasteiger partial charge in [0.05, 0.1) is 0 Å². The largest absolute Gasteiger partial charge is 0.480 e. The summed E-state index contributed by atoms with van der Waals surface area (Å²) in [5.74, 6) is -1.69. The average molecular weight is 308 g/mol. The Morgan fingerprint density at radius 2 is 1.77 bits per heavy atom. The van der Waals surface area contributed by atoms with Crippen molar-refractivity contribution in [3.63, 3.8) is 0 Å². The summed E-state index contributed by atoms with van der Waals surface area (Å²) in [6.07, 6.45) is -0.669. The Morgan fingerprint density at radius 1 is 1.23 bits per heavy atom. The van der Waals surface area contributed by atoms with Crippen molar-refractivity contribution in [1.82, 2.24) is 5.32 Å². The lowest BCUT2D eigenvalue weighted by Crippen LogP contribution is -2.36. The number of carboxylic acid groups (broad SMARTS) is 1. The number of carboxylic acids is 1. The van der Waals surface area contributed by atoms with Gasteiger partial charge in [0.2, 0.25) is 0 Å². The van der Waals surface area contributed by atoms with Crippen LogP contribution in [0.3, 0.4) is 0 Å². The monoisotopic (exact) mass is 308 g/mol. The predicted molar refractivity (Wildman–Crippen MR) is 79.5 cm³/mol. The van der Waals surface area contributed by atoms with Gasteiger partial charge in [-0.15, -0.1) is 0 Å². The number of benzene rings is 1. The standard InChI is InChI=1S/C15H20N2O5/c1-15(2,3)22-14(21)17-12(18)10-6-4-9(5-7-10)8-11(16)13(19)20/h4-7,11H,8,16H2,1-3H3,(H,19,20)(H,17,18,21)/t11-/m0/s1. The molecule has 1 atom stereocenters. The van der Waals surface area contributed by atoms with Crippen LogP contribution in [0.5, 0.6) is 0 Å². The van der Waals surface area contributed by atoms with E-state index in [0.29, 0.717) is 5.56 Å². The number of nitrogens with one attached hydrogen (secondary N) is 1. The second-order valence-corrected chi connectivity index (χ2v) is 5.80.